The third-order valence-electron chi connectivity index (χ3n) is 2.34. The second kappa shape index (κ2) is 5.93. The zero-order chi connectivity index (χ0) is 13.0. The van der Waals surface area contributed by atoms with Gasteiger partial charge < -0.3 is 9.84 Å². The maximum absolute atomic E-state index is 13.5. The molecule has 0 saturated carbocycles. The summed E-state index contributed by atoms with van der Waals surface area (Å²) in [7, 11) is 0. The number of aliphatic hydroxyl groups is 1. The van der Waals surface area contributed by atoms with Gasteiger partial charge in [0.2, 0.25) is 0 Å². The van der Waals surface area contributed by atoms with E-state index in [0.717, 1.165) is 4.47 Å². The summed E-state index contributed by atoms with van der Waals surface area (Å²) in [6.07, 6.45) is 1.66. The Hall–Kier alpha value is -1.46. The van der Waals surface area contributed by atoms with Crippen LogP contribution in [0.4, 0.5) is 4.39 Å². The molecule has 0 aliphatic carbocycles. The second-order valence-corrected chi connectivity index (χ2v) is 4.59. The van der Waals surface area contributed by atoms with Crippen LogP contribution in [0.2, 0.25) is 0 Å². The summed E-state index contributed by atoms with van der Waals surface area (Å²) in [6.45, 7) is 0.00807. The summed E-state index contributed by atoms with van der Waals surface area (Å²) in [5, 5.41) is 8.86. The van der Waals surface area contributed by atoms with Gasteiger partial charge >= 0.3 is 0 Å². The Labute approximate surface area is 112 Å². The zero-order valence-corrected chi connectivity index (χ0v) is 11.0. The maximum atomic E-state index is 13.5. The number of pyridine rings is 1. The minimum absolute atomic E-state index is 0.150. The topological polar surface area (TPSA) is 42.4 Å². The first-order valence-corrected chi connectivity index (χ1v) is 6.11. The number of benzene rings is 1. The second-order valence-electron chi connectivity index (χ2n) is 3.68. The van der Waals surface area contributed by atoms with Crippen molar-refractivity contribution in [1.82, 2.24) is 4.98 Å². The normalized spacial score (nSPS) is 10.4. The monoisotopic (exact) mass is 311 g/mol. The standard InChI is InChI=1S/C13H11BrFNO2/c14-10-2-3-11(16-6-10)8-18-13-4-1-9(7-17)5-12(13)15/h1-6,17H,7-8H2. The summed E-state index contributed by atoms with van der Waals surface area (Å²) in [5.74, 6) is -0.337. The zero-order valence-electron chi connectivity index (χ0n) is 9.44. The van der Waals surface area contributed by atoms with Crippen LogP contribution in [0.1, 0.15) is 11.3 Å². The van der Waals surface area contributed by atoms with Crippen molar-refractivity contribution in [2.24, 2.45) is 0 Å². The lowest BCUT2D eigenvalue weighted by Crippen LogP contribution is -2.00. The van der Waals surface area contributed by atoms with Crippen molar-refractivity contribution in [3.05, 3.63) is 58.1 Å². The van der Waals surface area contributed by atoms with E-state index in [9.17, 15) is 4.39 Å². The van der Waals surface area contributed by atoms with Crippen molar-refractivity contribution in [3.63, 3.8) is 0 Å². The largest absolute Gasteiger partial charge is 0.484 e. The molecule has 2 aromatic rings. The molecule has 0 spiro atoms. The van der Waals surface area contributed by atoms with Gasteiger partial charge in [-0.25, -0.2) is 4.39 Å². The molecule has 18 heavy (non-hydrogen) atoms. The number of halogens is 2. The van der Waals surface area contributed by atoms with E-state index < -0.39 is 5.82 Å². The molecule has 0 saturated heterocycles. The Kier molecular flexibility index (Phi) is 4.28. The minimum Gasteiger partial charge on any atom is -0.484 e. The van der Waals surface area contributed by atoms with Gasteiger partial charge in [0.25, 0.3) is 0 Å². The molecule has 1 heterocycles. The van der Waals surface area contributed by atoms with Gasteiger partial charge in [0.1, 0.15) is 6.61 Å². The first-order valence-electron chi connectivity index (χ1n) is 5.31. The molecule has 0 radical (unpaired) electrons. The van der Waals surface area contributed by atoms with E-state index in [1.165, 1.54) is 12.1 Å². The van der Waals surface area contributed by atoms with E-state index in [1.54, 1.807) is 18.3 Å². The average Bonchev–Trinajstić information content (AvgIpc) is 2.39. The maximum Gasteiger partial charge on any atom is 0.165 e. The van der Waals surface area contributed by atoms with E-state index >= 15 is 0 Å². The first-order chi connectivity index (χ1) is 8.69. The van der Waals surface area contributed by atoms with Crippen molar-refractivity contribution in [1.29, 1.82) is 0 Å². The number of aromatic nitrogens is 1. The molecule has 0 unspecified atom stereocenters. The van der Waals surface area contributed by atoms with E-state index in [2.05, 4.69) is 20.9 Å². The number of hydrogen-bond acceptors (Lipinski definition) is 3. The molecule has 94 valence electrons. The van der Waals surface area contributed by atoms with Crippen molar-refractivity contribution in [2.75, 3.05) is 0 Å². The molecule has 1 aromatic heterocycles. The molecule has 0 aliphatic heterocycles. The van der Waals surface area contributed by atoms with Crippen LogP contribution in [0.5, 0.6) is 5.75 Å². The molecular formula is C13H11BrFNO2. The molecule has 0 bridgehead atoms. The predicted octanol–water partition coefficient (Wildman–Crippen LogP) is 3.05. The molecule has 5 heteroatoms. The van der Waals surface area contributed by atoms with Crippen LogP contribution < -0.4 is 4.74 Å². The number of rotatable bonds is 4. The van der Waals surface area contributed by atoms with Crippen molar-refractivity contribution in [3.8, 4) is 5.75 Å². The smallest absolute Gasteiger partial charge is 0.165 e. The summed E-state index contributed by atoms with van der Waals surface area (Å²) in [4.78, 5) is 4.12. The van der Waals surface area contributed by atoms with Crippen molar-refractivity contribution >= 4 is 15.9 Å². The molecule has 1 N–H and O–H groups in total. The van der Waals surface area contributed by atoms with Crippen LogP contribution in [0.3, 0.4) is 0 Å². The lowest BCUT2D eigenvalue weighted by molar-refractivity contribution is 0.275. The summed E-state index contributed by atoms with van der Waals surface area (Å²) in [5.41, 5.74) is 1.23. The number of aliphatic hydroxyl groups excluding tert-OH is 1. The molecule has 0 fully saturated rings. The molecule has 1 aromatic carbocycles. The van der Waals surface area contributed by atoms with Crippen LogP contribution in [0, 0.1) is 5.82 Å². The highest BCUT2D eigenvalue weighted by Gasteiger charge is 2.05. The number of ether oxygens (including phenoxy) is 1. The summed E-state index contributed by atoms with van der Waals surface area (Å²) >= 11 is 3.28. The third kappa shape index (κ3) is 3.27. The van der Waals surface area contributed by atoms with E-state index in [1.807, 2.05) is 6.07 Å². The first kappa shape index (κ1) is 13.0. The Bertz CT molecular complexity index is 531. The molecule has 3 nitrogen and oxygen atoms in total. The van der Waals surface area contributed by atoms with Crippen molar-refractivity contribution < 1.29 is 14.2 Å². The lowest BCUT2D eigenvalue weighted by Gasteiger charge is -2.07. The van der Waals surface area contributed by atoms with E-state index in [-0.39, 0.29) is 19.0 Å². The lowest BCUT2D eigenvalue weighted by atomic mass is 10.2. The van der Waals surface area contributed by atoms with E-state index in [0.29, 0.717) is 11.3 Å². The Morgan fingerprint density at radius 3 is 2.72 bits per heavy atom. The SMILES string of the molecule is OCc1ccc(OCc2ccc(Br)cn2)c(F)c1. The predicted molar refractivity (Wildman–Crippen MR) is 68.6 cm³/mol. The van der Waals surface area contributed by atoms with Crippen molar-refractivity contribution in [2.45, 2.75) is 13.2 Å². The fourth-order valence-corrected chi connectivity index (χ4v) is 1.64. The van der Waals surface area contributed by atoms with Gasteiger partial charge in [0.15, 0.2) is 11.6 Å². The van der Waals surface area contributed by atoms with Crippen LogP contribution in [0.25, 0.3) is 0 Å². The number of hydrogen-bond donors (Lipinski definition) is 1. The van der Waals surface area contributed by atoms with Gasteiger partial charge in [-0.3, -0.25) is 4.98 Å². The Morgan fingerprint density at radius 1 is 1.28 bits per heavy atom. The van der Waals surface area contributed by atoms with Gasteiger partial charge in [-0.05, 0) is 45.8 Å². The van der Waals surface area contributed by atoms with Gasteiger partial charge in [-0.2, -0.15) is 0 Å². The molecule has 0 aliphatic rings. The highest BCUT2D eigenvalue weighted by Crippen LogP contribution is 2.19. The van der Waals surface area contributed by atoms with Crippen LogP contribution in [-0.4, -0.2) is 10.1 Å². The summed E-state index contributed by atoms with van der Waals surface area (Å²) < 4.78 is 19.7. The fourth-order valence-electron chi connectivity index (χ4n) is 1.40. The highest BCUT2D eigenvalue weighted by molar-refractivity contribution is 9.10. The fraction of sp³-hybridized carbons (Fsp3) is 0.154. The van der Waals surface area contributed by atoms with Gasteiger partial charge in [0, 0.05) is 10.7 Å². The van der Waals surface area contributed by atoms with Gasteiger partial charge in [-0.1, -0.05) is 6.07 Å². The number of nitrogens with zero attached hydrogens (tertiary/aromatic N) is 1. The van der Waals surface area contributed by atoms with Crippen LogP contribution >= 0.6 is 15.9 Å². The quantitative estimate of drug-likeness (QED) is 0.943. The Morgan fingerprint density at radius 2 is 2.11 bits per heavy atom. The average molecular weight is 312 g/mol. The summed E-state index contributed by atoms with van der Waals surface area (Å²) in [6, 6.07) is 8.01. The molecular weight excluding hydrogens is 301 g/mol. The van der Waals surface area contributed by atoms with Gasteiger partial charge in [-0.15, -0.1) is 0 Å². The molecule has 0 atom stereocenters. The van der Waals surface area contributed by atoms with Crippen LogP contribution in [-0.2, 0) is 13.2 Å². The molecule has 2 rings (SSSR count). The third-order valence-corrected chi connectivity index (χ3v) is 2.81. The van der Waals surface area contributed by atoms with E-state index in [4.69, 9.17) is 9.84 Å². The Balaban J connectivity index is 2.04. The molecule has 0 amide bonds. The van der Waals surface area contributed by atoms with Crippen LogP contribution in [0.15, 0.2) is 41.0 Å². The van der Waals surface area contributed by atoms with Gasteiger partial charge in [0.05, 0.1) is 12.3 Å². The minimum atomic E-state index is -0.487. The highest BCUT2D eigenvalue weighted by atomic mass is 79.9.